The summed E-state index contributed by atoms with van der Waals surface area (Å²) in [5.74, 6) is -4.17. The van der Waals surface area contributed by atoms with Gasteiger partial charge >= 0.3 is 0 Å². The molecule has 1 aliphatic heterocycles. The molecule has 0 radical (unpaired) electrons. The number of aryl methyl sites for hydroxylation is 1. The van der Waals surface area contributed by atoms with Crippen LogP contribution in [0.4, 0.5) is 13.2 Å². The van der Waals surface area contributed by atoms with Gasteiger partial charge < -0.3 is 10.0 Å². The molecule has 5 rings (SSSR count). The molecule has 208 valence electrons. The van der Waals surface area contributed by atoms with E-state index in [-0.39, 0.29) is 42.3 Å². The molecule has 2 atom stereocenters. The van der Waals surface area contributed by atoms with Gasteiger partial charge in [0, 0.05) is 44.0 Å². The highest BCUT2D eigenvalue weighted by atomic mass is 19.1. The Bertz CT molecular complexity index is 1620. The molecule has 12 heteroatoms. The Balaban J connectivity index is 1.62. The first kappa shape index (κ1) is 27.1. The Morgan fingerprint density at radius 1 is 1.15 bits per heavy atom. The molecule has 1 fully saturated rings. The minimum Gasteiger partial charge on any atom is -0.493 e. The molecular weight excluding hydrogens is 525 g/mol. The molecule has 0 aliphatic carbocycles. The molecule has 4 heterocycles. The average Bonchev–Trinajstić information content (AvgIpc) is 3.60. The average molecular weight is 553 g/mol. The third kappa shape index (κ3) is 4.96. The van der Waals surface area contributed by atoms with Gasteiger partial charge in [0.1, 0.15) is 23.1 Å². The van der Waals surface area contributed by atoms with E-state index in [1.54, 1.807) is 23.9 Å². The minimum absolute atomic E-state index is 0.0578. The number of rotatable bonds is 7. The van der Waals surface area contributed by atoms with Crippen LogP contribution in [0.15, 0.2) is 53.6 Å². The lowest BCUT2D eigenvalue weighted by Gasteiger charge is -2.24. The van der Waals surface area contributed by atoms with Gasteiger partial charge in [-0.1, -0.05) is 6.92 Å². The maximum Gasteiger partial charge on any atom is 0.271 e. The maximum absolute atomic E-state index is 14.3. The molecule has 9 nitrogen and oxygen atoms in total. The molecule has 1 N–H and O–H groups in total. The van der Waals surface area contributed by atoms with Gasteiger partial charge in [-0.3, -0.25) is 23.8 Å². The largest absolute Gasteiger partial charge is 0.493 e. The molecule has 3 aromatic heterocycles. The SMILES string of the molecule is CC[C@@H](c1cc(F)cc(F)c1)n1c(-c2ccn(CC)n2)nc(O)c(C(=O)N2CCC(c3ncccc3F)C2)c1=O. The number of carbonyl (C=O) groups is 1. The number of halogens is 3. The summed E-state index contributed by atoms with van der Waals surface area (Å²) in [6.45, 7) is 4.39. The zero-order chi connectivity index (χ0) is 28.6. The fourth-order valence-corrected chi connectivity index (χ4v) is 5.20. The number of aromatic nitrogens is 5. The smallest absolute Gasteiger partial charge is 0.271 e. The van der Waals surface area contributed by atoms with Gasteiger partial charge in [0.05, 0.1) is 11.7 Å². The minimum atomic E-state index is -0.937. The molecule has 4 aromatic rings. The lowest BCUT2D eigenvalue weighted by atomic mass is 10.0. The number of hydrogen-bond donors (Lipinski definition) is 1. The normalized spacial score (nSPS) is 15.9. The lowest BCUT2D eigenvalue weighted by Crippen LogP contribution is -2.38. The van der Waals surface area contributed by atoms with E-state index in [0.29, 0.717) is 13.0 Å². The summed E-state index contributed by atoms with van der Waals surface area (Å²) < 4.78 is 45.5. The first-order valence-electron chi connectivity index (χ1n) is 13.0. The van der Waals surface area contributed by atoms with E-state index in [1.807, 2.05) is 6.92 Å². The van der Waals surface area contributed by atoms with Crippen molar-refractivity contribution in [3.05, 3.63) is 93.4 Å². The number of carbonyl (C=O) groups excluding carboxylic acids is 1. The van der Waals surface area contributed by atoms with Crippen LogP contribution in [0.1, 0.15) is 60.3 Å². The van der Waals surface area contributed by atoms with E-state index < -0.39 is 52.3 Å². The van der Waals surface area contributed by atoms with Gasteiger partial charge in [-0.25, -0.2) is 13.2 Å². The zero-order valence-corrected chi connectivity index (χ0v) is 21.9. The number of nitrogens with zero attached hydrogens (tertiary/aromatic N) is 6. The van der Waals surface area contributed by atoms with Crippen molar-refractivity contribution < 1.29 is 23.1 Å². The number of likely N-dealkylation sites (tertiary alicyclic amines) is 1. The van der Waals surface area contributed by atoms with Crippen molar-refractivity contribution in [1.82, 2.24) is 29.2 Å². The van der Waals surface area contributed by atoms with E-state index >= 15 is 0 Å². The number of aromatic hydroxyl groups is 1. The fraction of sp³-hybridized carbons (Fsp3) is 0.321. The summed E-state index contributed by atoms with van der Waals surface area (Å²) in [5.41, 5.74) is -0.872. The van der Waals surface area contributed by atoms with E-state index in [0.717, 1.165) is 22.8 Å². The second-order valence-corrected chi connectivity index (χ2v) is 9.60. The molecule has 1 saturated heterocycles. The summed E-state index contributed by atoms with van der Waals surface area (Å²) in [5, 5.41) is 15.3. The van der Waals surface area contributed by atoms with Crippen molar-refractivity contribution in [3.63, 3.8) is 0 Å². The van der Waals surface area contributed by atoms with Gasteiger partial charge in [-0.05, 0) is 55.7 Å². The van der Waals surface area contributed by atoms with E-state index in [4.69, 9.17) is 0 Å². The van der Waals surface area contributed by atoms with Crippen molar-refractivity contribution in [1.29, 1.82) is 0 Å². The standard InChI is InChI=1S/C28H27F3N6O3/c1-3-22(17-12-18(29)14-19(30)13-17)37-25(21-8-11-36(4-2)34-21)33-26(38)23(28(37)40)27(39)35-10-7-16(15-35)24-20(31)6-5-9-32-24/h5-6,8-9,11-14,16,22,38H,3-4,7,10,15H2,1-2H3/t16?,22-/m0/s1. The van der Waals surface area contributed by atoms with Crippen LogP contribution in [-0.2, 0) is 6.54 Å². The Morgan fingerprint density at radius 3 is 2.55 bits per heavy atom. The predicted molar refractivity (Wildman–Crippen MR) is 139 cm³/mol. The third-order valence-electron chi connectivity index (χ3n) is 7.12. The van der Waals surface area contributed by atoms with Gasteiger partial charge in [-0.15, -0.1) is 0 Å². The van der Waals surface area contributed by atoms with Gasteiger partial charge in [0.15, 0.2) is 11.4 Å². The van der Waals surface area contributed by atoms with Crippen molar-refractivity contribution in [3.8, 4) is 17.4 Å². The molecule has 0 bridgehead atoms. The van der Waals surface area contributed by atoms with Crippen LogP contribution in [0.3, 0.4) is 0 Å². The molecule has 1 aromatic carbocycles. The van der Waals surface area contributed by atoms with E-state index in [1.165, 1.54) is 23.2 Å². The highest BCUT2D eigenvalue weighted by Gasteiger charge is 2.35. The van der Waals surface area contributed by atoms with Gasteiger partial charge in [0.25, 0.3) is 11.5 Å². The molecule has 40 heavy (non-hydrogen) atoms. The first-order chi connectivity index (χ1) is 19.2. The Labute approximate surface area is 227 Å². The third-order valence-corrected chi connectivity index (χ3v) is 7.12. The number of hydrogen-bond acceptors (Lipinski definition) is 6. The number of pyridine rings is 1. The van der Waals surface area contributed by atoms with Crippen LogP contribution in [0.5, 0.6) is 5.88 Å². The molecule has 1 unspecified atom stereocenters. The molecule has 0 spiro atoms. The molecule has 1 amide bonds. The Morgan fingerprint density at radius 2 is 1.90 bits per heavy atom. The van der Waals surface area contributed by atoms with Crippen molar-refractivity contribution in [2.45, 2.75) is 45.2 Å². The second kappa shape index (κ2) is 10.9. The summed E-state index contributed by atoms with van der Waals surface area (Å²) in [6.07, 6.45) is 3.74. The Kier molecular flexibility index (Phi) is 7.42. The number of amides is 1. The molecule has 0 saturated carbocycles. The second-order valence-electron chi connectivity index (χ2n) is 9.60. The zero-order valence-electron chi connectivity index (χ0n) is 21.9. The predicted octanol–water partition coefficient (Wildman–Crippen LogP) is 4.27. The van der Waals surface area contributed by atoms with Gasteiger partial charge in [-0.2, -0.15) is 10.1 Å². The van der Waals surface area contributed by atoms with Crippen LogP contribution >= 0.6 is 0 Å². The maximum atomic E-state index is 14.3. The summed E-state index contributed by atoms with van der Waals surface area (Å²) in [4.78, 5) is 37.3. The quantitative estimate of drug-likeness (QED) is 0.367. The summed E-state index contributed by atoms with van der Waals surface area (Å²) in [7, 11) is 0. The molecular formula is C28H27F3N6O3. The monoisotopic (exact) mass is 552 g/mol. The fourth-order valence-electron chi connectivity index (χ4n) is 5.20. The topological polar surface area (TPSA) is 106 Å². The van der Waals surface area contributed by atoms with E-state index in [9.17, 15) is 27.9 Å². The van der Waals surface area contributed by atoms with Crippen LogP contribution in [0, 0.1) is 17.5 Å². The highest BCUT2D eigenvalue weighted by molar-refractivity contribution is 5.96. The summed E-state index contributed by atoms with van der Waals surface area (Å²) in [6, 6.07) is 6.36. The summed E-state index contributed by atoms with van der Waals surface area (Å²) >= 11 is 0. The van der Waals surface area contributed by atoms with Crippen molar-refractivity contribution in [2.24, 2.45) is 0 Å². The Hall–Kier alpha value is -4.48. The van der Waals surface area contributed by atoms with Crippen LogP contribution in [0.25, 0.3) is 11.5 Å². The highest BCUT2D eigenvalue weighted by Crippen LogP contribution is 2.32. The van der Waals surface area contributed by atoms with Crippen LogP contribution in [0.2, 0.25) is 0 Å². The van der Waals surface area contributed by atoms with Crippen LogP contribution in [-0.4, -0.2) is 53.3 Å². The van der Waals surface area contributed by atoms with Gasteiger partial charge in [0.2, 0.25) is 5.88 Å². The molecule has 1 aliphatic rings. The van der Waals surface area contributed by atoms with E-state index in [2.05, 4.69) is 15.1 Å². The first-order valence-corrected chi connectivity index (χ1v) is 13.0. The lowest BCUT2D eigenvalue weighted by molar-refractivity contribution is 0.0783. The van der Waals surface area contributed by atoms with Crippen molar-refractivity contribution >= 4 is 5.91 Å². The van der Waals surface area contributed by atoms with Crippen LogP contribution < -0.4 is 5.56 Å². The number of benzene rings is 1. The van der Waals surface area contributed by atoms with Crippen molar-refractivity contribution in [2.75, 3.05) is 13.1 Å².